The van der Waals surface area contributed by atoms with Crippen LogP contribution in [0.4, 0.5) is 0 Å². The van der Waals surface area contributed by atoms with Crippen LogP contribution in [0.5, 0.6) is 0 Å². The Bertz CT molecular complexity index is 1050. The predicted molar refractivity (Wildman–Crippen MR) is 115 cm³/mol. The number of aryl methyl sites for hydroxylation is 1. The third-order valence-electron chi connectivity index (χ3n) is 4.84. The van der Waals surface area contributed by atoms with Crippen LogP contribution < -0.4 is 5.32 Å². The molecular formula is C23H26N2O4S. The van der Waals surface area contributed by atoms with E-state index in [1.807, 2.05) is 44.2 Å². The van der Waals surface area contributed by atoms with Crippen molar-refractivity contribution in [1.82, 2.24) is 9.62 Å². The first-order valence-electron chi connectivity index (χ1n) is 9.80. The van der Waals surface area contributed by atoms with Crippen LogP contribution in [0.3, 0.4) is 0 Å². The van der Waals surface area contributed by atoms with Gasteiger partial charge in [0.25, 0.3) is 0 Å². The van der Waals surface area contributed by atoms with Crippen molar-refractivity contribution in [2.75, 3.05) is 6.54 Å². The van der Waals surface area contributed by atoms with Gasteiger partial charge in [-0.05, 0) is 43.7 Å². The van der Waals surface area contributed by atoms with E-state index in [1.165, 1.54) is 10.6 Å². The second-order valence-corrected chi connectivity index (χ2v) is 9.12. The normalized spacial score (nSPS) is 12.6. The zero-order valence-electron chi connectivity index (χ0n) is 17.1. The molecule has 30 heavy (non-hydrogen) atoms. The molecule has 0 aliphatic carbocycles. The highest BCUT2D eigenvalue weighted by atomic mass is 32.2. The first-order valence-corrected chi connectivity index (χ1v) is 11.2. The summed E-state index contributed by atoms with van der Waals surface area (Å²) in [5, 5.41) is 2.93. The maximum Gasteiger partial charge on any atom is 0.243 e. The summed E-state index contributed by atoms with van der Waals surface area (Å²) in [5.74, 6) is 0.304. The Kier molecular flexibility index (Phi) is 7.07. The van der Waals surface area contributed by atoms with Crippen LogP contribution in [0.25, 0.3) is 0 Å². The minimum atomic E-state index is -3.78. The van der Waals surface area contributed by atoms with Gasteiger partial charge in [0.2, 0.25) is 15.9 Å². The minimum absolute atomic E-state index is 0.0446. The molecule has 158 valence electrons. The monoisotopic (exact) mass is 426 g/mol. The minimum Gasteiger partial charge on any atom is -0.468 e. The van der Waals surface area contributed by atoms with Gasteiger partial charge in [0.05, 0.1) is 23.7 Å². The van der Waals surface area contributed by atoms with Gasteiger partial charge in [-0.2, -0.15) is 4.31 Å². The molecule has 3 rings (SSSR count). The molecule has 1 amide bonds. The van der Waals surface area contributed by atoms with Crippen LogP contribution in [-0.4, -0.2) is 25.2 Å². The largest absolute Gasteiger partial charge is 0.468 e. The van der Waals surface area contributed by atoms with Crippen molar-refractivity contribution < 1.29 is 17.6 Å². The Morgan fingerprint density at radius 2 is 1.73 bits per heavy atom. The SMILES string of the molecule is Cc1ccc(S(=O)(=O)N(CCC(=O)NC(C)c2ccccc2)Cc2ccco2)cc1. The third kappa shape index (κ3) is 5.58. The number of benzene rings is 2. The topological polar surface area (TPSA) is 79.6 Å². The summed E-state index contributed by atoms with van der Waals surface area (Å²) in [5.41, 5.74) is 1.96. The van der Waals surface area contributed by atoms with Crippen LogP contribution in [0.15, 0.2) is 82.3 Å². The van der Waals surface area contributed by atoms with Gasteiger partial charge in [0, 0.05) is 13.0 Å². The molecule has 3 aromatic rings. The second kappa shape index (κ2) is 9.73. The van der Waals surface area contributed by atoms with E-state index in [2.05, 4.69) is 5.32 Å². The van der Waals surface area contributed by atoms with E-state index in [0.29, 0.717) is 5.76 Å². The van der Waals surface area contributed by atoms with Gasteiger partial charge >= 0.3 is 0 Å². The highest BCUT2D eigenvalue weighted by Crippen LogP contribution is 2.20. The summed E-state index contributed by atoms with van der Waals surface area (Å²) >= 11 is 0. The third-order valence-corrected chi connectivity index (χ3v) is 6.70. The molecule has 0 bridgehead atoms. The Morgan fingerprint density at radius 1 is 1.03 bits per heavy atom. The molecule has 0 aliphatic rings. The van der Waals surface area contributed by atoms with Crippen LogP contribution in [0, 0.1) is 6.92 Å². The lowest BCUT2D eigenvalue weighted by Crippen LogP contribution is -2.35. The smallest absolute Gasteiger partial charge is 0.243 e. The van der Waals surface area contributed by atoms with E-state index in [0.717, 1.165) is 11.1 Å². The number of carbonyl (C=O) groups is 1. The Morgan fingerprint density at radius 3 is 2.37 bits per heavy atom. The number of carbonyl (C=O) groups excluding carboxylic acids is 1. The molecule has 6 nitrogen and oxygen atoms in total. The number of sulfonamides is 1. The zero-order valence-corrected chi connectivity index (χ0v) is 17.9. The van der Waals surface area contributed by atoms with Gasteiger partial charge in [0.15, 0.2) is 0 Å². The van der Waals surface area contributed by atoms with Crippen molar-refractivity contribution in [2.24, 2.45) is 0 Å². The van der Waals surface area contributed by atoms with Gasteiger partial charge in [-0.3, -0.25) is 4.79 Å². The van der Waals surface area contributed by atoms with Gasteiger partial charge in [-0.15, -0.1) is 0 Å². The molecule has 0 spiro atoms. The number of amides is 1. The average molecular weight is 427 g/mol. The van der Waals surface area contributed by atoms with Crippen molar-refractivity contribution in [3.63, 3.8) is 0 Å². The summed E-state index contributed by atoms with van der Waals surface area (Å²) in [4.78, 5) is 12.7. The molecule has 0 radical (unpaired) electrons. The van der Waals surface area contributed by atoms with Gasteiger partial charge in [0.1, 0.15) is 5.76 Å². The summed E-state index contributed by atoms with van der Waals surface area (Å²) in [7, 11) is -3.78. The van der Waals surface area contributed by atoms with E-state index >= 15 is 0 Å². The van der Waals surface area contributed by atoms with Crippen molar-refractivity contribution >= 4 is 15.9 Å². The lowest BCUT2D eigenvalue weighted by Gasteiger charge is -2.22. The Labute approximate surface area is 177 Å². The molecule has 1 aromatic heterocycles. The number of hydrogen-bond acceptors (Lipinski definition) is 4. The molecule has 7 heteroatoms. The fourth-order valence-electron chi connectivity index (χ4n) is 3.08. The van der Waals surface area contributed by atoms with E-state index in [9.17, 15) is 13.2 Å². The number of rotatable bonds is 9. The second-order valence-electron chi connectivity index (χ2n) is 7.18. The van der Waals surface area contributed by atoms with E-state index in [-0.39, 0.29) is 36.4 Å². The highest BCUT2D eigenvalue weighted by molar-refractivity contribution is 7.89. The molecule has 2 aromatic carbocycles. The van der Waals surface area contributed by atoms with Crippen LogP contribution in [0.1, 0.15) is 36.3 Å². The fourth-order valence-corrected chi connectivity index (χ4v) is 4.49. The van der Waals surface area contributed by atoms with Gasteiger partial charge in [-0.1, -0.05) is 48.0 Å². The Hall–Kier alpha value is -2.90. The molecule has 1 N–H and O–H groups in total. The highest BCUT2D eigenvalue weighted by Gasteiger charge is 2.26. The van der Waals surface area contributed by atoms with Gasteiger partial charge in [-0.25, -0.2) is 8.42 Å². The van der Waals surface area contributed by atoms with Crippen molar-refractivity contribution in [2.45, 2.75) is 37.8 Å². The number of furan rings is 1. The molecular weight excluding hydrogens is 400 g/mol. The van der Waals surface area contributed by atoms with Crippen LogP contribution in [0.2, 0.25) is 0 Å². The first kappa shape index (κ1) is 21.8. The maximum absolute atomic E-state index is 13.2. The molecule has 0 saturated heterocycles. The molecule has 1 heterocycles. The molecule has 0 fully saturated rings. The van der Waals surface area contributed by atoms with E-state index < -0.39 is 10.0 Å². The fraction of sp³-hybridized carbons (Fsp3) is 0.261. The quantitative estimate of drug-likeness (QED) is 0.560. The molecule has 1 atom stereocenters. The summed E-state index contributed by atoms with van der Waals surface area (Å²) in [6.07, 6.45) is 1.54. The Balaban J connectivity index is 1.71. The lowest BCUT2D eigenvalue weighted by molar-refractivity contribution is -0.121. The molecule has 1 unspecified atom stereocenters. The molecule has 0 aliphatic heterocycles. The first-order chi connectivity index (χ1) is 14.4. The van der Waals surface area contributed by atoms with E-state index in [4.69, 9.17) is 4.42 Å². The summed E-state index contributed by atoms with van der Waals surface area (Å²) in [6.45, 7) is 3.90. The summed E-state index contributed by atoms with van der Waals surface area (Å²) < 4.78 is 33.0. The zero-order chi connectivity index (χ0) is 21.6. The number of nitrogens with zero attached hydrogens (tertiary/aromatic N) is 1. The maximum atomic E-state index is 13.2. The predicted octanol–water partition coefficient (Wildman–Crippen LogP) is 4.05. The standard InChI is InChI=1S/C23H26N2O4S/c1-18-10-12-22(13-11-18)30(27,28)25(17-21-9-6-16-29-21)15-14-23(26)24-19(2)20-7-4-3-5-8-20/h3-13,16,19H,14-15,17H2,1-2H3,(H,24,26). The number of nitrogens with one attached hydrogen (secondary N) is 1. The van der Waals surface area contributed by atoms with Gasteiger partial charge < -0.3 is 9.73 Å². The van der Waals surface area contributed by atoms with Crippen LogP contribution in [-0.2, 0) is 21.4 Å². The lowest BCUT2D eigenvalue weighted by atomic mass is 10.1. The molecule has 0 saturated carbocycles. The van der Waals surface area contributed by atoms with Crippen molar-refractivity contribution in [3.05, 3.63) is 89.9 Å². The van der Waals surface area contributed by atoms with Crippen molar-refractivity contribution in [3.8, 4) is 0 Å². The van der Waals surface area contributed by atoms with Crippen LogP contribution >= 0.6 is 0 Å². The van der Waals surface area contributed by atoms with E-state index in [1.54, 1.807) is 36.4 Å². The average Bonchev–Trinajstić information content (AvgIpc) is 3.25. The van der Waals surface area contributed by atoms with Crippen molar-refractivity contribution in [1.29, 1.82) is 0 Å². The number of hydrogen-bond donors (Lipinski definition) is 1. The summed E-state index contributed by atoms with van der Waals surface area (Å²) in [6, 6.07) is 19.6.